The van der Waals surface area contributed by atoms with E-state index in [0.717, 1.165) is 40.2 Å². The van der Waals surface area contributed by atoms with Crippen LogP contribution < -0.4 is 10.6 Å². The van der Waals surface area contributed by atoms with Crippen molar-refractivity contribution in [2.75, 3.05) is 16.9 Å². The van der Waals surface area contributed by atoms with Crippen molar-refractivity contribution in [3.63, 3.8) is 0 Å². The normalized spacial score (nSPS) is 10.3. The van der Waals surface area contributed by atoms with E-state index in [0.29, 0.717) is 0 Å². The second-order valence-electron chi connectivity index (χ2n) is 4.97. The van der Waals surface area contributed by atoms with Crippen LogP contribution in [0.15, 0.2) is 47.4 Å². The van der Waals surface area contributed by atoms with Gasteiger partial charge in [0, 0.05) is 16.3 Å². The first kappa shape index (κ1) is 16.4. The Morgan fingerprint density at radius 3 is 2.23 bits per heavy atom. The molecule has 0 aliphatic heterocycles. The fraction of sp³-hybridized carbons (Fsp3) is 0.278. The largest absolute Gasteiger partial charge is 0.323 e. The summed E-state index contributed by atoms with van der Waals surface area (Å²) in [5.41, 5.74) is 4.06. The van der Waals surface area contributed by atoms with Crippen LogP contribution in [0.5, 0.6) is 0 Å². The van der Waals surface area contributed by atoms with Gasteiger partial charge < -0.3 is 10.6 Å². The lowest BCUT2D eigenvalue weighted by molar-refractivity contribution is 0.262. The maximum absolute atomic E-state index is 12.3. The number of anilines is 2. The fourth-order valence-corrected chi connectivity index (χ4v) is 2.84. The number of carbonyl (C=O) groups is 1. The van der Waals surface area contributed by atoms with Crippen molar-refractivity contribution in [1.82, 2.24) is 0 Å². The molecule has 4 heteroatoms. The predicted octanol–water partition coefficient (Wildman–Crippen LogP) is 5.18. The molecule has 0 unspecified atom stereocenters. The van der Waals surface area contributed by atoms with Gasteiger partial charge in [0.15, 0.2) is 0 Å². The van der Waals surface area contributed by atoms with E-state index in [-0.39, 0.29) is 6.03 Å². The van der Waals surface area contributed by atoms with E-state index in [9.17, 15) is 4.79 Å². The first-order valence-corrected chi connectivity index (χ1v) is 8.73. The van der Waals surface area contributed by atoms with Crippen LogP contribution in [0.1, 0.15) is 25.0 Å². The number of hydrogen-bond donors (Lipinski definition) is 2. The van der Waals surface area contributed by atoms with Gasteiger partial charge in [-0.3, -0.25) is 0 Å². The number of urea groups is 1. The number of para-hydroxylation sites is 1. The first-order chi connectivity index (χ1) is 10.7. The Morgan fingerprint density at radius 2 is 1.64 bits per heavy atom. The summed E-state index contributed by atoms with van der Waals surface area (Å²) in [6.45, 7) is 4.19. The van der Waals surface area contributed by atoms with Crippen LogP contribution in [0.2, 0.25) is 0 Å². The maximum atomic E-state index is 12.3. The van der Waals surface area contributed by atoms with Gasteiger partial charge in [0.1, 0.15) is 0 Å². The Labute approximate surface area is 136 Å². The maximum Gasteiger partial charge on any atom is 0.323 e. The lowest BCUT2D eigenvalue weighted by Crippen LogP contribution is -2.21. The van der Waals surface area contributed by atoms with E-state index >= 15 is 0 Å². The van der Waals surface area contributed by atoms with Crippen LogP contribution in [0, 0.1) is 0 Å². The minimum atomic E-state index is -0.200. The van der Waals surface area contributed by atoms with E-state index in [1.807, 2.05) is 36.6 Å². The molecule has 0 radical (unpaired) electrons. The van der Waals surface area contributed by atoms with Crippen molar-refractivity contribution < 1.29 is 4.79 Å². The molecule has 2 amide bonds. The number of amides is 2. The summed E-state index contributed by atoms with van der Waals surface area (Å²) in [6, 6.07) is 13.8. The molecule has 3 nitrogen and oxygen atoms in total. The molecule has 22 heavy (non-hydrogen) atoms. The SMILES string of the molecule is CCc1cccc(CC)c1NC(=O)Nc1cccc(SC)c1. The summed E-state index contributed by atoms with van der Waals surface area (Å²) in [7, 11) is 0. The number of benzene rings is 2. The molecule has 0 bridgehead atoms. The number of hydrogen-bond acceptors (Lipinski definition) is 2. The van der Waals surface area contributed by atoms with Crippen molar-refractivity contribution in [3.05, 3.63) is 53.6 Å². The van der Waals surface area contributed by atoms with Crippen molar-refractivity contribution >= 4 is 29.2 Å². The minimum Gasteiger partial charge on any atom is -0.308 e. The molecule has 0 aromatic heterocycles. The van der Waals surface area contributed by atoms with Gasteiger partial charge in [0.05, 0.1) is 0 Å². The van der Waals surface area contributed by atoms with Gasteiger partial charge >= 0.3 is 6.03 Å². The van der Waals surface area contributed by atoms with Gasteiger partial charge in [0.25, 0.3) is 0 Å². The van der Waals surface area contributed by atoms with Crippen molar-refractivity contribution in [1.29, 1.82) is 0 Å². The Morgan fingerprint density at radius 1 is 1.00 bits per heavy atom. The molecule has 2 aromatic rings. The Kier molecular flexibility index (Phi) is 5.90. The second-order valence-corrected chi connectivity index (χ2v) is 5.85. The molecular weight excluding hydrogens is 292 g/mol. The third-order valence-electron chi connectivity index (χ3n) is 3.56. The number of thioether (sulfide) groups is 1. The Balaban J connectivity index is 2.15. The lowest BCUT2D eigenvalue weighted by Gasteiger charge is -2.15. The molecule has 0 heterocycles. The van der Waals surface area contributed by atoms with Crippen LogP contribution >= 0.6 is 11.8 Å². The summed E-state index contributed by atoms with van der Waals surface area (Å²) in [5, 5.41) is 5.91. The first-order valence-electron chi connectivity index (χ1n) is 7.50. The van der Waals surface area contributed by atoms with E-state index in [1.54, 1.807) is 11.8 Å². The van der Waals surface area contributed by atoms with Crippen LogP contribution in [0.4, 0.5) is 16.2 Å². The summed E-state index contributed by atoms with van der Waals surface area (Å²) in [5.74, 6) is 0. The molecule has 0 fully saturated rings. The van der Waals surface area contributed by atoms with E-state index < -0.39 is 0 Å². The topological polar surface area (TPSA) is 41.1 Å². The summed E-state index contributed by atoms with van der Waals surface area (Å²) < 4.78 is 0. The summed E-state index contributed by atoms with van der Waals surface area (Å²) in [6.07, 6.45) is 3.81. The Bertz CT molecular complexity index is 633. The third kappa shape index (κ3) is 4.04. The average Bonchev–Trinajstić information content (AvgIpc) is 2.55. The highest BCUT2D eigenvalue weighted by molar-refractivity contribution is 7.98. The molecule has 0 atom stereocenters. The molecular formula is C18H22N2OS. The predicted molar refractivity (Wildman–Crippen MR) is 96.1 cm³/mol. The van der Waals surface area contributed by atoms with Crippen molar-refractivity contribution in [2.45, 2.75) is 31.6 Å². The second kappa shape index (κ2) is 7.90. The van der Waals surface area contributed by atoms with Gasteiger partial charge in [-0.25, -0.2) is 4.79 Å². The van der Waals surface area contributed by atoms with E-state index in [2.05, 4.69) is 36.6 Å². The highest BCUT2D eigenvalue weighted by Crippen LogP contribution is 2.23. The number of rotatable bonds is 5. The molecule has 116 valence electrons. The van der Waals surface area contributed by atoms with E-state index in [4.69, 9.17) is 0 Å². The van der Waals surface area contributed by atoms with Gasteiger partial charge in [-0.05, 0) is 48.4 Å². The molecule has 0 spiro atoms. The number of carbonyl (C=O) groups excluding carboxylic acids is 1. The number of nitrogens with one attached hydrogen (secondary N) is 2. The van der Waals surface area contributed by atoms with Gasteiger partial charge in [-0.15, -0.1) is 11.8 Å². The standard InChI is InChI=1S/C18H22N2OS/c1-4-13-8-6-9-14(5-2)17(13)20-18(21)19-15-10-7-11-16(12-15)22-3/h6-12H,4-5H2,1-3H3,(H2,19,20,21). The zero-order valence-corrected chi connectivity index (χ0v) is 14.1. The monoisotopic (exact) mass is 314 g/mol. The molecule has 2 rings (SSSR count). The zero-order valence-electron chi connectivity index (χ0n) is 13.3. The van der Waals surface area contributed by atoms with Crippen LogP contribution in [0.3, 0.4) is 0 Å². The highest BCUT2D eigenvalue weighted by Gasteiger charge is 2.10. The van der Waals surface area contributed by atoms with E-state index in [1.165, 1.54) is 0 Å². The zero-order chi connectivity index (χ0) is 15.9. The summed E-state index contributed by atoms with van der Waals surface area (Å²) in [4.78, 5) is 13.4. The highest BCUT2D eigenvalue weighted by atomic mass is 32.2. The minimum absolute atomic E-state index is 0.200. The van der Waals surface area contributed by atoms with Gasteiger partial charge in [-0.1, -0.05) is 38.1 Å². The smallest absolute Gasteiger partial charge is 0.308 e. The lowest BCUT2D eigenvalue weighted by atomic mass is 10.0. The fourth-order valence-electron chi connectivity index (χ4n) is 2.38. The molecule has 0 aliphatic rings. The van der Waals surface area contributed by atoms with Crippen LogP contribution in [-0.2, 0) is 12.8 Å². The average molecular weight is 314 g/mol. The molecule has 0 saturated carbocycles. The van der Waals surface area contributed by atoms with Crippen LogP contribution in [0.25, 0.3) is 0 Å². The molecule has 0 saturated heterocycles. The molecule has 2 N–H and O–H groups in total. The van der Waals surface area contributed by atoms with Crippen molar-refractivity contribution in [3.8, 4) is 0 Å². The van der Waals surface area contributed by atoms with Crippen molar-refractivity contribution in [2.24, 2.45) is 0 Å². The van der Waals surface area contributed by atoms with Gasteiger partial charge in [-0.2, -0.15) is 0 Å². The van der Waals surface area contributed by atoms with Gasteiger partial charge in [0.2, 0.25) is 0 Å². The quantitative estimate of drug-likeness (QED) is 0.747. The third-order valence-corrected chi connectivity index (χ3v) is 4.29. The number of aryl methyl sites for hydroxylation is 2. The molecule has 0 aliphatic carbocycles. The molecule has 2 aromatic carbocycles. The Hall–Kier alpha value is -1.94. The van der Waals surface area contributed by atoms with Crippen LogP contribution in [-0.4, -0.2) is 12.3 Å². The summed E-state index contributed by atoms with van der Waals surface area (Å²) >= 11 is 1.65.